The van der Waals surface area contributed by atoms with E-state index in [-0.39, 0.29) is 18.5 Å². The van der Waals surface area contributed by atoms with Crippen LogP contribution in [0.2, 0.25) is 0 Å². The van der Waals surface area contributed by atoms with Gasteiger partial charge in [-0.25, -0.2) is 0 Å². The predicted molar refractivity (Wildman–Crippen MR) is 86.8 cm³/mol. The summed E-state index contributed by atoms with van der Waals surface area (Å²) in [5, 5.41) is 11.4. The summed E-state index contributed by atoms with van der Waals surface area (Å²) in [5.74, 6) is -0.182. The molecule has 1 atom stereocenters. The Kier molecular flexibility index (Phi) is 6.36. The number of amides is 1. The molecule has 1 aliphatic heterocycles. The highest BCUT2D eigenvalue weighted by atomic mass is 16.5. The first-order valence-corrected chi connectivity index (χ1v) is 8.05. The third-order valence-electron chi connectivity index (χ3n) is 4.11. The zero-order valence-electron chi connectivity index (χ0n) is 13.6. The Hall–Kier alpha value is -1.43. The van der Waals surface area contributed by atoms with Gasteiger partial charge in [-0.15, -0.1) is 0 Å². The van der Waals surface area contributed by atoms with Gasteiger partial charge in [0.15, 0.2) is 0 Å². The zero-order valence-corrected chi connectivity index (χ0v) is 13.6. The molecule has 1 aromatic rings. The summed E-state index contributed by atoms with van der Waals surface area (Å²) in [4.78, 5) is 13.9. The molecule has 0 aromatic heterocycles. The van der Waals surface area contributed by atoms with Crippen molar-refractivity contribution in [3.8, 4) is 0 Å². The standard InChI is InChI=1S/C17H27N3O2/c1-13-6-7-16-12-20(8-4-3-5-15(16)9-13)11-14(2)19-17(21)10-18-22/h6-7,9,14,18,22H,3-5,8,10-12H2,1-2H3,(H,19,21)/t14-/m0/s1. The summed E-state index contributed by atoms with van der Waals surface area (Å²) in [7, 11) is 0. The second-order valence-corrected chi connectivity index (χ2v) is 6.27. The summed E-state index contributed by atoms with van der Waals surface area (Å²) in [6, 6.07) is 6.78. The van der Waals surface area contributed by atoms with Gasteiger partial charge in [0.2, 0.25) is 5.91 Å². The molecule has 0 radical (unpaired) electrons. The van der Waals surface area contributed by atoms with Crippen LogP contribution in [0.3, 0.4) is 0 Å². The minimum atomic E-state index is -0.182. The first kappa shape index (κ1) is 16.9. The third-order valence-corrected chi connectivity index (χ3v) is 4.11. The molecule has 0 spiro atoms. The summed E-state index contributed by atoms with van der Waals surface area (Å²) < 4.78 is 0. The number of nitrogens with zero attached hydrogens (tertiary/aromatic N) is 1. The number of hydroxylamine groups is 1. The van der Waals surface area contributed by atoms with Crippen molar-refractivity contribution in [2.75, 3.05) is 19.6 Å². The Morgan fingerprint density at radius 2 is 2.18 bits per heavy atom. The van der Waals surface area contributed by atoms with E-state index in [0.29, 0.717) is 0 Å². The summed E-state index contributed by atoms with van der Waals surface area (Å²) in [6.45, 7) is 6.91. The normalized spacial score (nSPS) is 17.2. The Morgan fingerprint density at radius 3 is 2.95 bits per heavy atom. The Balaban J connectivity index is 1.96. The van der Waals surface area contributed by atoms with Gasteiger partial charge in [0.05, 0.1) is 6.54 Å². The van der Waals surface area contributed by atoms with Crippen LogP contribution in [0.4, 0.5) is 0 Å². The fourth-order valence-electron chi connectivity index (χ4n) is 3.10. The lowest BCUT2D eigenvalue weighted by atomic mass is 9.97. The highest BCUT2D eigenvalue weighted by Crippen LogP contribution is 2.20. The summed E-state index contributed by atoms with van der Waals surface area (Å²) >= 11 is 0. The van der Waals surface area contributed by atoms with Crippen molar-refractivity contribution in [2.24, 2.45) is 0 Å². The molecule has 0 saturated heterocycles. The summed E-state index contributed by atoms with van der Waals surface area (Å²) in [5.41, 5.74) is 6.08. The summed E-state index contributed by atoms with van der Waals surface area (Å²) in [6.07, 6.45) is 3.56. The first-order valence-electron chi connectivity index (χ1n) is 8.05. The van der Waals surface area contributed by atoms with Crippen molar-refractivity contribution < 1.29 is 10.0 Å². The number of carbonyl (C=O) groups excluding carboxylic acids is 1. The number of carbonyl (C=O) groups is 1. The Labute approximate surface area is 132 Å². The van der Waals surface area contributed by atoms with Crippen LogP contribution in [0.1, 0.15) is 36.5 Å². The number of rotatable bonds is 5. The lowest BCUT2D eigenvalue weighted by molar-refractivity contribution is -0.122. The fourth-order valence-corrected chi connectivity index (χ4v) is 3.10. The molecule has 0 aliphatic carbocycles. The largest absolute Gasteiger partial charge is 0.351 e. The van der Waals surface area contributed by atoms with E-state index >= 15 is 0 Å². The Morgan fingerprint density at radius 1 is 1.36 bits per heavy atom. The van der Waals surface area contributed by atoms with Gasteiger partial charge >= 0.3 is 0 Å². The maximum absolute atomic E-state index is 11.5. The van der Waals surface area contributed by atoms with Gasteiger partial charge < -0.3 is 10.5 Å². The topological polar surface area (TPSA) is 64.6 Å². The molecule has 0 bridgehead atoms. The molecular formula is C17H27N3O2. The molecule has 1 amide bonds. The van der Waals surface area contributed by atoms with Crippen molar-refractivity contribution in [3.05, 3.63) is 34.9 Å². The molecule has 1 aliphatic rings. The number of benzene rings is 1. The average molecular weight is 305 g/mol. The molecule has 3 N–H and O–H groups in total. The van der Waals surface area contributed by atoms with E-state index in [4.69, 9.17) is 5.21 Å². The van der Waals surface area contributed by atoms with Crippen molar-refractivity contribution in [1.82, 2.24) is 15.7 Å². The third kappa shape index (κ3) is 5.09. The van der Waals surface area contributed by atoms with Crippen molar-refractivity contribution in [3.63, 3.8) is 0 Å². The molecule has 122 valence electrons. The van der Waals surface area contributed by atoms with Crippen LogP contribution in [-0.4, -0.2) is 41.7 Å². The molecule has 22 heavy (non-hydrogen) atoms. The van der Waals surface area contributed by atoms with Crippen LogP contribution in [0, 0.1) is 6.92 Å². The molecule has 1 aromatic carbocycles. The predicted octanol–water partition coefficient (Wildman–Crippen LogP) is 1.62. The van der Waals surface area contributed by atoms with Gasteiger partial charge in [-0.2, -0.15) is 5.48 Å². The lowest BCUT2D eigenvalue weighted by Gasteiger charge is -2.29. The van der Waals surface area contributed by atoms with Crippen molar-refractivity contribution in [2.45, 2.75) is 45.7 Å². The number of aryl methyl sites for hydroxylation is 2. The van der Waals surface area contributed by atoms with E-state index in [1.54, 1.807) is 0 Å². The van der Waals surface area contributed by atoms with Gasteiger partial charge in [0.25, 0.3) is 0 Å². The number of nitrogens with one attached hydrogen (secondary N) is 2. The van der Waals surface area contributed by atoms with E-state index in [9.17, 15) is 4.79 Å². The van der Waals surface area contributed by atoms with Crippen LogP contribution in [0.5, 0.6) is 0 Å². The van der Waals surface area contributed by atoms with E-state index < -0.39 is 0 Å². The highest BCUT2D eigenvalue weighted by molar-refractivity contribution is 5.78. The number of hydrogen-bond donors (Lipinski definition) is 3. The maximum atomic E-state index is 11.5. The van der Waals surface area contributed by atoms with Gasteiger partial charge in [-0.3, -0.25) is 9.69 Å². The Bertz CT molecular complexity index is 505. The van der Waals surface area contributed by atoms with Crippen LogP contribution >= 0.6 is 0 Å². The average Bonchev–Trinajstić information content (AvgIpc) is 2.43. The number of hydrogen-bond acceptors (Lipinski definition) is 4. The van der Waals surface area contributed by atoms with E-state index in [0.717, 1.165) is 19.6 Å². The highest BCUT2D eigenvalue weighted by Gasteiger charge is 2.16. The molecule has 0 saturated carbocycles. The van der Waals surface area contributed by atoms with E-state index in [2.05, 4.69) is 35.3 Å². The molecule has 0 unspecified atom stereocenters. The van der Waals surface area contributed by atoms with Crippen LogP contribution in [0.25, 0.3) is 0 Å². The van der Waals surface area contributed by atoms with Crippen LogP contribution in [0.15, 0.2) is 18.2 Å². The van der Waals surface area contributed by atoms with Gasteiger partial charge in [0, 0.05) is 19.1 Å². The quantitative estimate of drug-likeness (QED) is 0.723. The lowest BCUT2D eigenvalue weighted by Crippen LogP contribution is -2.44. The van der Waals surface area contributed by atoms with Crippen LogP contribution in [-0.2, 0) is 17.8 Å². The zero-order chi connectivity index (χ0) is 15.9. The molecule has 5 heteroatoms. The molecular weight excluding hydrogens is 278 g/mol. The van der Waals surface area contributed by atoms with E-state index in [1.807, 2.05) is 12.4 Å². The smallest absolute Gasteiger partial charge is 0.236 e. The minimum Gasteiger partial charge on any atom is -0.351 e. The SMILES string of the molecule is Cc1ccc2c(c1)CCCCN(C[C@H](C)NC(=O)CNO)C2. The molecule has 5 nitrogen and oxygen atoms in total. The van der Waals surface area contributed by atoms with Gasteiger partial charge in [0.1, 0.15) is 0 Å². The van der Waals surface area contributed by atoms with Crippen molar-refractivity contribution >= 4 is 5.91 Å². The first-order chi connectivity index (χ1) is 10.6. The van der Waals surface area contributed by atoms with Gasteiger partial charge in [-0.05, 0) is 50.8 Å². The van der Waals surface area contributed by atoms with Gasteiger partial charge in [-0.1, -0.05) is 23.8 Å². The fraction of sp³-hybridized carbons (Fsp3) is 0.588. The second-order valence-electron chi connectivity index (χ2n) is 6.27. The minimum absolute atomic E-state index is 0.0630. The van der Waals surface area contributed by atoms with Crippen LogP contribution < -0.4 is 10.8 Å². The maximum Gasteiger partial charge on any atom is 0.236 e. The molecule has 1 heterocycles. The molecule has 2 rings (SSSR count). The molecule has 0 fully saturated rings. The van der Waals surface area contributed by atoms with Crippen molar-refractivity contribution in [1.29, 1.82) is 0 Å². The monoisotopic (exact) mass is 305 g/mol. The van der Waals surface area contributed by atoms with E-state index in [1.165, 1.54) is 36.0 Å². The number of fused-ring (bicyclic) bond motifs is 1. The second kappa shape index (κ2) is 8.27.